The molecule has 0 radical (unpaired) electrons. The first-order valence-electron chi connectivity index (χ1n) is 44.9. The minimum Gasteiger partial charge on any atom is -0.462 e. The highest BCUT2D eigenvalue weighted by Crippen LogP contribution is 2.45. The fraction of sp³-hybridized carbons (Fsp3) is 0.954. The molecule has 6 atom stereocenters. The summed E-state index contributed by atoms with van der Waals surface area (Å²) in [5.41, 5.74) is 0. The SMILES string of the molecule is CCCCCCCCCCCCCCCCCCCCCCCCC(=O)OC[C@H](COP(=O)(O)OC[C@@H](O)COP(=O)(O)OC[C@@H](COC(=O)CCCCCCCCCC(C)C)OC(=O)CCCCCCCCCCCC(C)C)OC(=O)CCCCCCCCCCCCCCCCCCCCC(C)CC. The molecule has 0 aromatic carbocycles. The van der Waals surface area contributed by atoms with Gasteiger partial charge in [-0.05, 0) is 43.4 Å². The van der Waals surface area contributed by atoms with Gasteiger partial charge in [-0.1, -0.05) is 408 Å². The molecule has 0 saturated carbocycles. The smallest absolute Gasteiger partial charge is 0.462 e. The summed E-state index contributed by atoms with van der Waals surface area (Å²) in [6.07, 6.45) is 68.4. The van der Waals surface area contributed by atoms with E-state index in [1.165, 1.54) is 263 Å². The van der Waals surface area contributed by atoms with E-state index in [9.17, 15) is 43.2 Å². The van der Waals surface area contributed by atoms with Gasteiger partial charge in [-0.2, -0.15) is 0 Å². The molecule has 0 aliphatic carbocycles. The molecular weight excluding hydrogens is 1380 g/mol. The first kappa shape index (κ1) is 104. The third kappa shape index (κ3) is 78.7. The van der Waals surface area contributed by atoms with E-state index in [4.69, 9.17) is 37.0 Å². The fourth-order valence-electron chi connectivity index (χ4n) is 13.5. The van der Waals surface area contributed by atoms with Gasteiger partial charge in [0.15, 0.2) is 12.2 Å². The van der Waals surface area contributed by atoms with Crippen LogP contribution in [0, 0.1) is 17.8 Å². The number of rotatable bonds is 85. The van der Waals surface area contributed by atoms with Crippen LogP contribution in [0.15, 0.2) is 0 Å². The van der Waals surface area contributed by atoms with Gasteiger partial charge < -0.3 is 33.8 Å². The van der Waals surface area contributed by atoms with Crippen LogP contribution in [-0.2, 0) is 65.4 Å². The van der Waals surface area contributed by atoms with E-state index in [1.54, 1.807) is 0 Å². The zero-order chi connectivity index (χ0) is 77.9. The van der Waals surface area contributed by atoms with E-state index in [1.807, 2.05) is 0 Å². The van der Waals surface area contributed by atoms with Gasteiger partial charge in [-0.15, -0.1) is 0 Å². The summed E-state index contributed by atoms with van der Waals surface area (Å²) in [7, 11) is -9.93. The van der Waals surface area contributed by atoms with Crippen molar-refractivity contribution < 1.29 is 80.2 Å². The summed E-state index contributed by atoms with van der Waals surface area (Å²) in [6, 6.07) is 0. The second-order valence-corrected chi connectivity index (χ2v) is 35.4. The number of hydrogen-bond donors (Lipinski definition) is 3. The van der Waals surface area contributed by atoms with Crippen LogP contribution >= 0.6 is 15.6 Å². The first-order valence-corrected chi connectivity index (χ1v) is 47.9. The zero-order valence-electron chi connectivity index (χ0n) is 69.9. The Morgan fingerprint density at radius 1 is 0.274 bits per heavy atom. The average molecular weight is 1550 g/mol. The average Bonchev–Trinajstić information content (AvgIpc) is 0.919. The molecule has 630 valence electrons. The summed E-state index contributed by atoms with van der Waals surface area (Å²) in [4.78, 5) is 73.2. The fourth-order valence-corrected chi connectivity index (χ4v) is 15.1. The minimum absolute atomic E-state index is 0.105. The molecule has 17 nitrogen and oxygen atoms in total. The molecule has 3 N–H and O–H groups in total. The molecule has 19 heteroatoms. The van der Waals surface area contributed by atoms with E-state index in [0.717, 1.165) is 108 Å². The van der Waals surface area contributed by atoms with Gasteiger partial charge in [0.2, 0.25) is 0 Å². The molecule has 0 aromatic rings. The van der Waals surface area contributed by atoms with Crippen molar-refractivity contribution in [3.8, 4) is 0 Å². The highest BCUT2D eigenvalue weighted by atomic mass is 31.2. The number of unbranched alkanes of at least 4 members (excludes halogenated alkanes) is 52. The van der Waals surface area contributed by atoms with Crippen molar-refractivity contribution in [2.75, 3.05) is 39.6 Å². The number of aliphatic hydroxyl groups excluding tert-OH is 1. The Bertz CT molecular complexity index is 2050. The maximum absolute atomic E-state index is 13.2. The molecule has 0 aromatic heterocycles. The molecule has 0 rings (SSSR count). The Balaban J connectivity index is 5.19. The molecule has 0 heterocycles. The van der Waals surface area contributed by atoms with Gasteiger partial charge >= 0.3 is 39.5 Å². The normalized spacial score (nSPS) is 14.1. The largest absolute Gasteiger partial charge is 0.472 e. The van der Waals surface area contributed by atoms with Crippen LogP contribution in [0.4, 0.5) is 0 Å². The molecule has 0 bridgehead atoms. The predicted molar refractivity (Wildman–Crippen MR) is 437 cm³/mol. The van der Waals surface area contributed by atoms with Crippen molar-refractivity contribution in [1.82, 2.24) is 0 Å². The van der Waals surface area contributed by atoms with E-state index in [-0.39, 0.29) is 25.7 Å². The molecule has 0 spiro atoms. The third-order valence-corrected chi connectivity index (χ3v) is 22.6. The van der Waals surface area contributed by atoms with Crippen molar-refractivity contribution in [1.29, 1.82) is 0 Å². The molecular formula is C87H170O17P2. The lowest BCUT2D eigenvalue weighted by Gasteiger charge is -2.21. The number of hydrogen-bond acceptors (Lipinski definition) is 15. The number of carbonyl (C=O) groups is 4. The number of aliphatic hydroxyl groups is 1. The summed E-state index contributed by atoms with van der Waals surface area (Å²) in [6.45, 7) is 12.0. The molecule has 3 unspecified atom stereocenters. The van der Waals surface area contributed by atoms with E-state index in [2.05, 4.69) is 48.5 Å². The minimum atomic E-state index is -4.97. The molecule has 0 fully saturated rings. The Morgan fingerprint density at radius 2 is 0.481 bits per heavy atom. The quantitative estimate of drug-likeness (QED) is 0.0222. The summed E-state index contributed by atoms with van der Waals surface area (Å²) in [5.74, 6) is 0.204. The maximum atomic E-state index is 13.2. The van der Waals surface area contributed by atoms with Gasteiger partial charge in [0, 0.05) is 25.7 Å². The summed E-state index contributed by atoms with van der Waals surface area (Å²) >= 11 is 0. The van der Waals surface area contributed by atoms with Crippen molar-refractivity contribution in [3.05, 3.63) is 0 Å². The summed E-state index contributed by atoms with van der Waals surface area (Å²) in [5, 5.41) is 10.7. The Hall–Kier alpha value is -1.94. The molecule has 0 aliphatic rings. The van der Waals surface area contributed by atoms with E-state index < -0.39 is 97.5 Å². The van der Waals surface area contributed by atoms with Crippen molar-refractivity contribution in [2.45, 2.75) is 478 Å². The highest BCUT2D eigenvalue weighted by Gasteiger charge is 2.31. The van der Waals surface area contributed by atoms with Crippen molar-refractivity contribution in [2.24, 2.45) is 17.8 Å². The van der Waals surface area contributed by atoms with Gasteiger partial charge in [-0.3, -0.25) is 37.3 Å². The number of phosphoric ester groups is 2. The molecule has 0 saturated heterocycles. The van der Waals surface area contributed by atoms with Gasteiger partial charge in [-0.25, -0.2) is 9.13 Å². The number of phosphoric acid groups is 2. The van der Waals surface area contributed by atoms with Crippen LogP contribution < -0.4 is 0 Å². The molecule has 0 amide bonds. The third-order valence-electron chi connectivity index (χ3n) is 20.7. The van der Waals surface area contributed by atoms with Crippen molar-refractivity contribution in [3.63, 3.8) is 0 Å². The maximum Gasteiger partial charge on any atom is 0.472 e. The predicted octanol–water partition coefficient (Wildman–Crippen LogP) is 26.5. The Kier molecular flexibility index (Phi) is 75.6. The second-order valence-electron chi connectivity index (χ2n) is 32.5. The Morgan fingerprint density at radius 3 is 0.717 bits per heavy atom. The number of ether oxygens (including phenoxy) is 4. The van der Waals surface area contributed by atoms with Gasteiger partial charge in [0.05, 0.1) is 26.4 Å². The lowest BCUT2D eigenvalue weighted by molar-refractivity contribution is -0.161. The number of carbonyl (C=O) groups excluding carboxylic acids is 4. The monoisotopic (exact) mass is 1550 g/mol. The van der Waals surface area contributed by atoms with Gasteiger partial charge in [0.1, 0.15) is 19.3 Å². The zero-order valence-corrected chi connectivity index (χ0v) is 71.7. The lowest BCUT2D eigenvalue weighted by Crippen LogP contribution is -2.30. The topological polar surface area (TPSA) is 237 Å². The second kappa shape index (κ2) is 77.0. The number of esters is 4. The van der Waals surface area contributed by atoms with Crippen LogP contribution in [0.25, 0.3) is 0 Å². The molecule has 0 aliphatic heterocycles. The standard InChI is InChI=1S/C87H170O17P2/c1-8-10-11-12-13-14-15-16-17-18-19-20-21-22-26-29-32-35-40-47-54-61-68-84(89)97-74-82(103-86(91)70-63-56-48-41-36-33-30-27-24-23-25-28-31-34-39-46-53-60-67-80(7)9-2)76-101-105(93,94)99-72-81(88)73-100-106(95,96)102-77-83(75-98-85(90)69-62-55-50-43-45-52-59-66-79(5)6)104-87(92)71-64-57-49-42-37-38-44-51-58-65-78(3)4/h78-83,88H,8-77H2,1-7H3,(H,93,94)(H,95,96)/t80?,81-,82-,83-/m1/s1. The van der Waals surface area contributed by atoms with E-state index in [0.29, 0.717) is 31.6 Å². The first-order chi connectivity index (χ1) is 51.3. The van der Waals surface area contributed by atoms with Crippen LogP contribution in [0.5, 0.6) is 0 Å². The van der Waals surface area contributed by atoms with E-state index >= 15 is 0 Å². The highest BCUT2D eigenvalue weighted by molar-refractivity contribution is 7.47. The Labute approximate surface area is 651 Å². The lowest BCUT2D eigenvalue weighted by atomic mass is 9.99. The van der Waals surface area contributed by atoms with Gasteiger partial charge in [0.25, 0.3) is 0 Å². The molecule has 106 heavy (non-hydrogen) atoms. The summed E-state index contributed by atoms with van der Waals surface area (Å²) < 4.78 is 68.8. The van der Waals surface area contributed by atoms with Crippen LogP contribution in [0.3, 0.4) is 0 Å². The van der Waals surface area contributed by atoms with Crippen LogP contribution in [0.2, 0.25) is 0 Å². The van der Waals surface area contributed by atoms with Crippen LogP contribution in [-0.4, -0.2) is 96.7 Å². The van der Waals surface area contributed by atoms with Crippen molar-refractivity contribution >= 4 is 39.5 Å². The van der Waals surface area contributed by atoms with Crippen LogP contribution in [0.1, 0.15) is 459 Å².